The first-order chi connectivity index (χ1) is 16.6. The molecule has 0 aliphatic heterocycles. The van der Waals surface area contributed by atoms with Crippen molar-refractivity contribution in [1.29, 1.82) is 0 Å². The molecular weight excluding hydrogens is 422 g/mol. The van der Waals surface area contributed by atoms with Crippen LogP contribution < -0.4 is 0 Å². The van der Waals surface area contributed by atoms with Crippen molar-refractivity contribution >= 4 is 0 Å². The Morgan fingerprint density at radius 1 is 0.765 bits per heavy atom. The van der Waals surface area contributed by atoms with Gasteiger partial charge in [-0.15, -0.1) is 0 Å². The molecule has 0 N–H and O–H groups in total. The van der Waals surface area contributed by atoms with Crippen molar-refractivity contribution in [3.63, 3.8) is 0 Å². The fourth-order valence-corrected chi connectivity index (χ4v) is 5.97. The van der Waals surface area contributed by atoms with E-state index in [0.29, 0.717) is 12.3 Å². The number of hydrogen-bond donors (Lipinski definition) is 0. The minimum Gasteiger partial charge on any atom is -0.207 e. The minimum atomic E-state index is -0.374. The number of rotatable bonds is 14. The van der Waals surface area contributed by atoms with Gasteiger partial charge in [-0.1, -0.05) is 96.3 Å². The fourth-order valence-electron chi connectivity index (χ4n) is 5.97. The van der Waals surface area contributed by atoms with E-state index >= 15 is 0 Å². The molecule has 0 heterocycles. The summed E-state index contributed by atoms with van der Waals surface area (Å²) in [5, 5.41) is 0. The van der Waals surface area contributed by atoms with Gasteiger partial charge in [0, 0.05) is 11.5 Å². The molecule has 1 aromatic carbocycles. The van der Waals surface area contributed by atoms with Crippen LogP contribution in [0.25, 0.3) is 0 Å². The van der Waals surface area contributed by atoms with E-state index in [2.05, 4.69) is 25.2 Å². The average molecular weight is 471 g/mol. The third kappa shape index (κ3) is 8.35. The van der Waals surface area contributed by atoms with Crippen molar-refractivity contribution in [3.8, 4) is 0 Å². The van der Waals surface area contributed by atoms with Gasteiger partial charge in [-0.05, 0) is 80.1 Å². The maximum absolute atomic E-state index is 14.5. The molecule has 1 saturated carbocycles. The van der Waals surface area contributed by atoms with Crippen LogP contribution in [0, 0.1) is 23.5 Å². The summed E-state index contributed by atoms with van der Waals surface area (Å²) in [6, 6.07) is 3.14. The number of benzene rings is 1. The van der Waals surface area contributed by atoms with Gasteiger partial charge in [0.2, 0.25) is 0 Å². The molecule has 0 spiro atoms. The largest absolute Gasteiger partial charge is 0.207 e. The Morgan fingerprint density at radius 3 is 1.97 bits per heavy atom. The fraction of sp³-hybridized carbons (Fsp3) is 0.688. The van der Waals surface area contributed by atoms with Crippen LogP contribution in [0.1, 0.15) is 134 Å². The van der Waals surface area contributed by atoms with Crippen molar-refractivity contribution in [1.82, 2.24) is 0 Å². The molecule has 1 unspecified atom stereocenters. The topological polar surface area (TPSA) is 0 Å². The number of halogens is 2. The van der Waals surface area contributed by atoms with E-state index in [1.54, 1.807) is 12.1 Å². The van der Waals surface area contributed by atoms with E-state index in [1.807, 2.05) is 6.92 Å². The lowest BCUT2D eigenvalue weighted by atomic mass is 9.75. The van der Waals surface area contributed by atoms with Crippen molar-refractivity contribution in [2.45, 2.75) is 129 Å². The molecule has 0 nitrogen and oxygen atoms in total. The Morgan fingerprint density at radius 2 is 1.38 bits per heavy atom. The minimum absolute atomic E-state index is 0.0892. The lowest BCUT2D eigenvalue weighted by Gasteiger charge is -2.31. The zero-order valence-corrected chi connectivity index (χ0v) is 21.9. The highest BCUT2D eigenvalue weighted by molar-refractivity contribution is 5.36. The first-order valence-electron chi connectivity index (χ1n) is 14.5. The van der Waals surface area contributed by atoms with Crippen LogP contribution in [0.4, 0.5) is 8.78 Å². The Kier molecular flexibility index (Phi) is 11.9. The van der Waals surface area contributed by atoms with E-state index < -0.39 is 0 Å². The summed E-state index contributed by atoms with van der Waals surface area (Å²) < 4.78 is 29.0. The van der Waals surface area contributed by atoms with E-state index in [9.17, 15) is 8.78 Å². The highest BCUT2D eigenvalue weighted by Gasteiger charge is 2.24. The number of unbranched alkanes of at least 4 members (excludes halogenated alkanes) is 8. The van der Waals surface area contributed by atoms with Gasteiger partial charge in [0.15, 0.2) is 0 Å². The summed E-state index contributed by atoms with van der Waals surface area (Å²) in [7, 11) is 0. The Bertz CT molecular complexity index is 759. The second kappa shape index (κ2) is 14.8. The first-order valence-corrected chi connectivity index (χ1v) is 14.5. The van der Waals surface area contributed by atoms with E-state index in [1.165, 1.54) is 89.0 Å². The molecular formula is C32H48F2. The Balaban J connectivity index is 1.38. The molecule has 1 atom stereocenters. The monoisotopic (exact) mass is 470 g/mol. The summed E-state index contributed by atoms with van der Waals surface area (Å²) >= 11 is 0. The zero-order valence-electron chi connectivity index (χ0n) is 21.9. The average Bonchev–Trinajstić information content (AvgIpc) is 2.85. The predicted molar refractivity (Wildman–Crippen MR) is 142 cm³/mol. The quantitative estimate of drug-likeness (QED) is 0.237. The van der Waals surface area contributed by atoms with Crippen LogP contribution in [-0.2, 0) is 6.42 Å². The first kappa shape index (κ1) is 27.2. The van der Waals surface area contributed by atoms with Crippen LogP contribution >= 0.6 is 0 Å². The molecule has 2 aliphatic rings. The normalized spacial score (nSPS) is 22.7. The molecule has 0 amide bonds. The van der Waals surface area contributed by atoms with Gasteiger partial charge in [0.05, 0.1) is 0 Å². The molecule has 0 saturated heterocycles. The number of hydrogen-bond acceptors (Lipinski definition) is 0. The van der Waals surface area contributed by atoms with Crippen LogP contribution in [0.2, 0.25) is 0 Å². The van der Waals surface area contributed by atoms with Crippen LogP contribution in [0.3, 0.4) is 0 Å². The smallest absolute Gasteiger partial charge is 0.129 e. The molecule has 1 aromatic rings. The van der Waals surface area contributed by atoms with Crippen LogP contribution in [0.5, 0.6) is 0 Å². The van der Waals surface area contributed by atoms with Gasteiger partial charge < -0.3 is 0 Å². The standard InChI is InChI=1S/C32H48F2/c1-3-5-7-8-9-10-11-12-13-25-15-17-26(18-16-25)27-19-21-28(22-20-27)29-23-31(33)30(14-6-4-2)32(34)24-29/h19-21,23-26,28H,3-18,22H2,1-2H3. The van der Waals surface area contributed by atoms with Gasteiger partial charge in [-0.3, -0.25) is 0 Å². The summed E-state index contributed by atoms with van der Waals surface area (Å²) in [6.07, 6.45) is 27.9. The van der Waals surface area contributed by atoms with Crippen molar-refractivity contribution in [2.75, 3.05) is 0 Å². The second-order valence-corrected chi connectivity index (χ2v) is 11.0. The summed E-state index contributed by atoms with van der Waals surface area (Å²) in [4.78, 5) is 0. The predicted octanol–water partition coefficient (Wildman–Crippen LogP) is 10.6. The lowest BCUT2D eigenvalue weighted by Crippen LogP contribution is -2.17. The van der Waals surface area contributed by atoms with Crippen molar-refractivity contribution < 1.29 is 8.78 Å². The maximum Gasteiger partial charge on any atom is 0.129 e. The zero-order chi connectivity index (χ0) is 24.2. The molecule has 190 valence electrons. The van der Waals surface area contributed by atoms with Crippen molar-refractivity contribution in [2.24, 2.45) is 11.8 Å². The van der Waals surface area contributed by atoms with Gasteiger partial charge in [-0.2, -0.15) is 0 Å². The van der Waals surface area contributed by atoms with E-state index in [-0.39, 0.29) is 23.1 Å². The molecule has 3 rings (SSSR count). The molecule has 0 radical (unpaired) electrons. The van der Waals surface area contributed by atoms with Crippen LogP contribution in [-0.4, -0.2) is 0 Å². The van der Waals surface area contributed by atoms with Crippen LogP contribution in [0.15, 0.2) is 35.9 Å². The summed E-state index contributed by atoms with van der Waals surface area (Å²) in [5.74, 6) is 0.945. The summed E-state index contributed by atoms with van der Waals surface area (Å²) in [6.45, 7) is 4.33. The van der Waals surface area contributed by atoms with Gasteiger partial charge in [0.25, 0.3) is 0 Å². The summed E-state index contributed by atoms with van der Waals surface area (Å²) in [5.41, 5.74) is 2.49. The van der Waals surface area contributed by atoms with Crippen molar-refractivity contribution in [3.05, 3.63) is 58.7 Å². The lowest BCUT2D eigenvalue weighted by molar-refractivity contribution is 0.282. The van der Waals surface area contributed by atoms with Gasteiger partial charge in [-0.25, -0.2) is 8.78 Å². The molecule has 0 aromatic heterocycles. The SMILES string of the molecule is CCCCCCCCCCC1CCC(C2=CCC(c3cc(F)c(CCCC)c(F)c3)C=C2)CC1. The third-order valence-corrected chi connectivity index (χ3v) is 8.28. The second-order valence-electron chi connectivity index (χ2n) is 11.0. The highest BCUT2D eigenvalue weighted by atomic mass is 19.1. The third-order valence-electron chi connectivity index (χ3n) is 8.28. The molecule has 2 aliphatic carbocycles. The Hall–Kier alpha value is -1.44. The van der Waals surface area contributed by atoms with E-state index in [4.69, 9.17) is 0 Å². The van der Waals surface area contributed by atoms with E-state index in [0.717, 1.165) is 30.7 Å². The van der Waals surface area contributed by atoms with Gasteiger partial charge in [0.1, 0.15) is 11.6 Å². The molecule has 0 bridgehead atoms. The number of allylic oxidation sites excluding steroid dienone is 4. The molecule has 2 heteroatoms. The molecule has 34 heavy (non-hydrogen) atoms. The van der Waals surface area contributed by atoms with Gasteiger partial charge >= 0.3 is 0 Å². The maximum atomic E-state index is 14.5. The molecule has 1 fully saturated rings. The Labute approximate surface area is 208 Å². The highest BCUT2D eigenvalue weighted by Crippen LogP contribution is 2.39.